The van der Waals surface area contributed by atoms with E-state index < -0.39 is 18.0 Å². The van der Waals surface area contributed by atoms with Crippen LogP contribution >= 0.6 is 27.5 Å². The zero-order chi connectivity index (χ0) is 20.0. The molecule has 1 fully saturated rings. The summed E-state index contributed by atoms with van der Waals surface area (Å²) in [7, 11) is 0. The van der Waals surface area contributed by atoms with Gasteiger partial charge in [-0.3, -0.25) is 9.59 Å². The second kappa shape index (κ2) is 7.46. The largest absolute Gasteiger partial charge is 0.393 e. The van der Waals surface area contributed by atoms with E-state index in [0.717, 1.165) is 0 Å². The normalized spacial score (nSPS) is 23.4. The van der Waals surface area contributed by atoms with Crippen molar-refractivity contribution in [2.75, 3.05) is 5.32 Å². The fraction of sp³-hybridized carbons (Fsp3) is 0.300. The Bertz CT molecular complexity index is 984. The lowest BCUT2D eigenvalue weighted by molar-refractivity contribution is -0.119. The predicted molar refractivity (Wildman–Crippen MR) is 107 cm³/mol. The van der Waals surface area contributed by atoms with Crippen molar-refractivity contribution in [2.24, 2.45) is 5.92 Å². The van der Waals surface area contributed by atoms with Crippen molar-refractivity contribution in [3.8, 4) is 0 Å². The number of amides is 2. The summed E-state index contributed by atoms with van der Waals surface area (Å²) in [5.74, 6) is -1.29. The van der Waals surface area contributed by atoms with Crippen LogP contribution in [0.2, 0.25) is 5.02 Å². The van der Waals surface area contributed by atoms with Crippen LogP contribution in [0, 0.1) is 11.7 Å². The van der Waals surface area contributed by atoms with Gasteiger partial charge in [-0.15, -0.1) is 0 Å². The van der Waals surface area contributed by atoms with E-state index in [9.17, 15) is 19.1 Å². The average Bonchev–Trinajstić information content (AvgIpc) is 3.21. The van der Waals surface area contributed by atoms with E-state index in [2.05, 4.69) is 26.6 Å². The van der Waals surface area contributed by atoms with Crippen molar-refractivity contribution in [3.63, 3.8) is 0 Å². The SMILES string of the molecule is O=C1NC(c2cc(F)ccc2Cl)c2c(NC(=O)[C@@H]3CC[C@@H](O)C3)cc(Br)cc21. The molecule has 3 N–H and O–H groups in total. The number of hydrogen-bond donors (Lipinski definition) is 3. The summed E-state index contributed by atoms with van der Waals surface area (Å²) >= 11 is 9.63. The number of carbonyl (C=O) groups is 2. The Labute approximate surface area is 174 Å². The molecule has 8 heteroatoms. The van der Waals surface area contributed by atoms with Gasteiger partial charge in [0.1, 0.15) is 5.82 Å². The highest BCUT2D eigenvalue weighted by Gasteiger charge is 2.36. The van der Waals surface area contributed by atoms with E-state index in [1.807, 2.05) is 0 Å². The Morgan fingerprint density at radius 2 is 2.07 bits per heavy atom. The molecule has 2 amide bonds. The van der Waals surface area contributed by atoms with Crippen molar-refractivity contribution in [2.45, 2.75) is 31.4 Å². The molecule has 5 nitrogen and oxygen atoms in total. The van der Waals surface area contributed by atoms with Gasteiger partial charge in [0.25, 0.3) is 5.91 Å². The van der Waals surface area contributed by atoms with Crippen molar-refractivity contribution in [1.29, 1.82) is 0 Å². The van der Waals surface area contributed by atoms with E-state index in [1.54, 1.807) is 12.1 Å². The highest BCUT2D eigenvalue weighted by Crippen LogP contribution is 2.41. The minimum Gasteiger partial charge on any atom is -0.393 e. The van der Waals surface area contributed by atoms with Crippen molar-refractivity contribution in [3.05, 3.63) is 62.3 Å². The minimum atomic E-state index is -0.678. The van der Waals surface area contributed by atoms with Gasteiger partial charge in [0.05, 0.1) is 12.1 Å². The number of anilines is 1. The lowest BCUT2D eigenvalue weighted by Crippen LogP contribution is -2.23. The number of rotatable bonds is 3. The Morgan fingerprint density at radius 1 is 1.29 bits per heavy atom. The molecule has 4 rings (SSSR count). The van der Waals surface area contributed by atoms with Gasteiger partial charge < -0.3 is 15.7 Å². The Morgan fingerprint density at radius 3 is 2.79 bits per heavy atom. The van der Waals surface area contributed by atoms with Crippen LogP contribution in [-0.4, -0.2) is 23.0 Å². The van der Waals surface area contributed by atoms with E-state index in [1.165, 1.54) is 18.2 Å². The number of aliphatic hydroxyl groups excluding tert-OH is 1. The zero-order valence-electron chi connectivity index (χ0n) is 14.6. The molecule has 1 saturated carbocycles. The fourth-order valence-electron chi connectivity index (χ4n) is 3.90. The van der Waals surface area contributed by atoms with Crippen LogP contribution in [0.15, 0.2) is 34.8 Å². The average molecular weight is 468 g/mol. The molecule has 0 saturated heterocycles. The van der Waals surface area contributed by atoms with Crippen molar-refractivity contribution in [1.82, 2.24) is 5.32 Å². The summed E-state index contributed by atoms with van der Waals surface area (Å²) < 4.78 is 14.5. The maximum Gasteiger partial charge on any atom is 0.252 e. The van der Waals surface area contributed by atoms with Gasteiger partial charge in [0.15, 0.2) is 0 Å². The van der Waals surface area contributed by atoms with Crippen LogP contribution in [0.1, 0.15) is 46.8 Å². The first-order valence-electron chi connectivity index (χ1n) is 8.91. The third kappa shape index (κ3) is 3.54. The molecule has 2 aliphatic rings. The molecule has 0 radical (unpaired) electrons. The molecule has 2 aromatic rings. The number of nitrogens with one attached hydrogen (secondary N) is 2. The van der Waals surface area contributed by atoms with E-state index in [4.69, 9.17) is 11.6 Å². The van der Waals surface area contributed by atoms with E-state index in [-0.39, 0.29) is 17.7 Å². The number of halogens is 3. The van der Waals surface area contributed by atoms with Gasteiger partial charge in [-0.25, -0.2) is 4.39 Å². The first-order chi connectivity index (χ1) is 13.3. The lowest BCUT2D eigenvalue weighted by atomic mass is 9.96. The molecule has 0 bridgehead atoms. The van der Waals surface area contributed by atoms with E-state index in [0.29, 0.717) is 51.1 Å². The molecule has 28 heavy (non-hydrogen) atoms. The van der Waals surface area contributed by atoms with Crippen molar-refractivity contribution >= 4 is 45.0 Å². The van der Waals surface area contributed by atoms with Crippen molar-refractivity contribution < 1.29 is 19.1 Å². The number of benzene rings is 2. The molecule has 1 aliphatic carbocycles. The molecule has 146 valence electrons. The van der Waals surface area contributed by atoms with Crippen LogP contribution < -0.4 is 10.6 Å². The van der Waals surface area contributed by atoms with Gasteiger partial charge in [-0.05, 0) is 49.6 Å². The molecule has 2 aromatic carbocycles. The summed E-state index contributed by atoms with van der Waals surface area (Å²) in [6.07, 6.45) is 1.15. The summed E-state index contributed by atoms with van der Waals surface area (Å²) in [6.45, 7) is 0. The molecule has 1 heterocycles. The number of aliphatic hydroxyl groups is 1. The van der Waals surface area contributed by atoms with Gasteiger partial charge in [0, 0.05) is 37.8 Å². The monoisotopic (exact) mass is 466 g/mol. The summed E-state index contributed by atoms with van der Waals surface area (Å²) in [6, 6.07) is 6.66. The Kier molecular flexibility index (Phi) is 5.16. The smallest absolute Gasteiger partial charge is 0.252 e. The first-order valence-corrected chi connectivity index (χ1v) is 10.1. The maximum absolute atomic E-state index is 13.8. The predicted octanol–water partition coefficient (Wildman–Crippen LogP) is 4.17. The lowest BCUT2D eigenvalue weighted by Gasteiger charge is -2.19. The topological polar surface area (TPSA) is 78.4 Å². The Balaban J connectivity index is 1.75. The number of carbonyl (C=O) groups excluding carboxylic acids is 2. The minimum absolute atomic E-state index is 0.208. The van der Waals surface area contributed by atoms with Gasteiger partial charge in [-0.1, -0.05) is 27.5 Å². The van der Waals surface area contributed by atoms with Gasteiger partial charge in [-0.2, -0.15) is 0 Å². The zero-order valence-corrected chi connectivity index (χ0v) is 17.0. The number of hydrogen-bond acceptors (Lipinski definition) is 3. The summed E-state index contributed by atoms with van der Waals surface area (Å²) in [5, 5.41) is 15.7. The molecule has 0 aromatic heterocycles. The second-order valence-corrected chi connectivity index (χ2v) is 8.46. The van der Waals surface area contributed by atoms with Gasteiger partial charge in [0.2, 0.25) is 5.91 Å². The van der Waals surface area contributed by atoms with Crippen LogP contribution in [-0.2, 0) is 4.79 Å². The molecule has 1 unspecified atom stereocenters. The van der Waals surface area contributed by atoms with Gasteiger partial charge >= 0.3 is 0 Å². The standard InChI is InChI=1S/C20H17BrClFN2O3/c21-10-6-14-17(16(7-10)24-19(27)9-1-3-12(26)5-9)18(25-20(14)28)13-8-11(23)2-4-15(13)22/h2,4,6-9,12,18,26H,1,3,5H2,(H,24,27)(H,25,28)/t9-,12-,18?/m1/s1. The summed E-state index contributed by atoms with van der Waals surface area (Å²) in [5.41, 5.74) is 1.82. The molecular formula is C20H17BrClFN2O3. The molecule has 1 aliphatic heterocycles. The van der Waals surface area contributed by atoms with Crippen LogP contribution in [0.5, 0.6) is 0 Å². The first kappa shape index (κ1) is 19.4. The van der Waals surface area contributed by atoms with Crippen LogP contribution in [0.25, 0.3) is 0 Å². The third-order valence-electron chi connectivity index (χ3n) is 5.26. The maximum atomic E-state index is 13.8. The quantitative estimate of drug-likeness (QED) is 0.634. The second-order valence-electron chi connectivity index (χ2n) is 7.14. The Hall–Kier alpha value is -1.96. The van der Waals surface area contributed by atoms with E-state index >= 15 is 0 Å². The summed E-state index contributed by atoms with van der Waals surface area (Å²) in [4.78, 5) is 25.2. The highest BCUT2D eigenvalue weighted by atomic mass is 79.9. The molecule has 0 spiro atoms. The van der Waals surface area contributed by atoms with Crippen LogP contribution in [0.3, 0.4) is 0 Å². The third-order valence-corrected chi connectivity index (χ3v) is 6.06. The fourth-order valence-corrected chi connectivity index (χ4v) is 4.59. The van der Waals surface area contributed by atoms with Crippen LogP contribution in [0.4, 0.5) is 10.1 Å². The molecule has 3 atom stereocenters. The molecular weight excluding hydrogens is 451 g/mol. The number of fused-ring (bicyclic) bond motifs is 1. The highest BCUT2D eigenvalue weighted by molar-refractivity contribution is 9.10.